The van der Waals surface area contributed by atoms with E-state index in [4.69, 9.17) is 9.15 Å². The van der Waals surface area contributed by atoms with Crippen LogP contribution in [0.15, 0.2) is 22.6 Å². The summed E-state index contributed by atoms with van der Waals surface area (Å²) in [7, 11) is 1.37. The van der Waals surface area contributed by atoms with Crippen molar-refractivity contribution in [3.63, 3.8) is 0 Å². The smallest absolute Gasteiger partial charge is 0.409 e. The fourth-order valence-corrected chi connectivity index (χ4v) is 2.79. The van der Waals surface area contributed by atoms with Gasteiger partial charge in [0.15, 0.2) is 11.5 Å². The lowest BCUT2D eigenvalue weighted by Gasteiger charge is -2.21. The molecule has 0 aliphatic carbocycles. The number of methoxy groups -OCH3 is 1. The molecule has 0 unspecified atom stereocenters. The van der Waals surface area contributed by atoms with Gasteiger partial charge in [-0.05, 0) is 24.6 Å². The molecule has 1 fully saturated rings. The quantitative estimate of drug-likeness (QED) is 0.804. The fourth-order valence-electron chi connectivity index (χ4n) is 2.79. The number of benzene rings is 1. The first-order valence-electron chi connectivity index (χ1n) is 7.58. The van der Waals surface area contributed by atoms with Crippen molar-refractivity contribution >= 4 is 23.1 Å². The highest BCUT2D eigenvalue weighted by atomic mass is 16.5. The van der Waals surface area contributed by atoms with Crippen LogP contribution in [0, 0.1) is 6.92 Å². The summed E-state index contributed by atoms with van der Waals surface area (Å²) in [4.78, 5) is 31.9. The molecule has 7 heteroatoms. The van der Waals surface area contributed by atoms with E-state index in [1.54, 1.807) is 34.9 Å². The van der Waals surface area contributed by atoms with E-state index in [2.05, 4.69) is 4.98 Å². The van der Waals surface area contributed by atoms with E-state index in [0.29, 0.717) is 43.2 Å². The average Bonchev–Trinajstić information content (AvgIpc) is 2.77. The molecule has 0 N–H and O–H groups in total. The number of rotatable bonds is 1. The second-order valence-electron chi connectivity index (χ2n) is 5.52. The molecule has 2 amide bonds. The molecule has 1 aromatic heterocycles. The van der Waals surface area contributed by atoms with E-state index in [1.165, 1.54) is 7.11 Å². The van der Waals surface area contributed by atoms with Gasteiger partial charge < -0.3 is 19.0 Å². The number of nitrogens with zero attached hydrogens (tertiary/aromatic N) is 3. The molecular weight excluding hydrogens is 298 g/mol. The second-order valence-corrected chi connectivity index (χ2v) is 5.52. The summed E-state index contributed by atoms with van der Waals surface area (Å²) in [5.74, 6) is 0.515. The predicted molar refractivity (Wildman–Crippen MR) is 83.2 cm³/mol. The number of carbonyl (C=O) groups excluding carboxylic acids is 2. The molecule has 1 aromatic carbocycles. The van der Waals surface area contributed by atoms with Crippen LogP contribution in [0.5, 0.6) is 0 Å². The third kappa shape index (κ3) is 3.13. The van der Waals surface area contributed by atoms with Crippen molar-refractivity contribution in [2.24, 2.45) is 0 Å². The molecular formula is C16H19N3O4. The Bertz CT molecular complexity index is 740. The molecule has 0 atom stereocenters. The third-order valence-corrected chi connectivity index (χ3v) is 3.96. The molecule has 1 aliphatic heterocycles. The fraction of sp³-hybridized carbons (Fsp3) is 0.438. The number of fused-ring (bicyclic) bond motifs is 1. The van der Waals surface area contributed by atoms with Gasteiger partial charge in [-0.15, -0.1) is 0 Å². The largest absolute Gasteiger partial charge is 0.453 e. The van der Waals surface area contributed by atoms with Crippen LogP contribution in [0.1, 0.15) is 22.7 Å². The van der Waals surface area contributed by atoms with Crippen LogP contribution in [-0.4, -0.2) is 60.1 Å². The first-order chi connectivity index (χ1) is 11.1. The number of ether oxygens (including phenoxy) is 1. The highest BCUT2D eigenvalue weighted by molar-refractivity contribution is 5.97. The van der Waals surface area contributed by atoms with E-state index < -0.39 is 0 Å². The van der Waals surface area contributed by atoms with Crippen molar-refractivity contribution in [1.82, 2.24) is 14.8 Å². The Hall–Kier alpha value is -2.57. The van der Waals surface area contributed by atoms with Crippen molar-refractivity contribution < 1.29 is 18.7 Å². The Kier molecular flexibility index (Phi) is 4.18. The van der Waals surface area contributed by atoms with Gasteiger partial charge in [-0.25, -0.2) is 9.78 Å². The number of aromatic nitrogens is 1. The maximum atomic E-state index is 12.7. The SMILES string of the molecule is COC(=O)N1CCCN(C(=O)c2ccc3nc(C)oc3c2)CC1. The number of amides is 2. The number of hydrogen-bond donors (Lipinski definition) is 0. The summed E-state index contributed by atoms with van der Waals surface area (Å²) in [6.07, 6.45) is 0.377. The van der Waals surface area contributed by atoms with Crippen molar-refractivity contribution in [1.29, 1.82) is 0 Å². The van der Waals surface area contributed by atoms with E-state index in [0.717, 1.165) is 11.9 Å². The average molecular weight is 317 g/mol. The van der Waals surface area contributed by atoms with E-state index >= 15 is 0 Å². The number of carbonyl (C=O) groups is 2. The Balaban J connectivity index is 1.74. The zero-order chi connectivity index (χ0) is 16.4. The van der Waals surface area contributed by atoms with Gasteiger partial charge in [0.2, 0.25) is 0 Å². The van der Waals surface area contributed by atoms with Crippen LogP contribution >= 0.6 is 0 Å². The predicted octanol–water partition coefficient (Wildman–Crippen LogP) is 2.05. The lowest BCUT2D eigenvalue weighted by atomic mass is 10.1. The van der Waals surface area contributed by atoms with Crippen molar-refractivity contribution in [3.05, 3.63) is 29.7 Å². The summed E-state index contributed by atoms with van der Waals surface area (Å²) < 4.78 is 10.2. The van der Waals surface area contributed by atoms with Gasteiger partial charge in [-0.3, -0.25) is 4.79 Å². The monoisotopic (exact) mass is 317 g/mol. The highest BCUT2D eigenvalue weighted by Crippen LogP contribution is 2.18. The maximum absolute atomic E-state index is 12.7. The summed E-state index contributed by atoms with van der Waals surface area (Å²) in [5, 5.41) is 0. The molecule has 0 saturated carbocycles. The zero-order valence-electron chi connectivity index (χ0n) is 13.2. The normalized spacial score (nSPS) is 15.6. The molecule has 2 aromatic rings. The van der Waals surface area contributed by atoms with Crippen LogP contribution in [-0.2, 0) is 4.74 Å². The van der Waals surface area contributed by atoms with Gasteiger partial charge in [0.1, 0.15) is 5.52 Å². The van der Waals surface area contributed by atoms with Crippen LogP contribution in [0.4, 0.5) is 4.79 Å². The van der Waals surface area contributed by atoms with Crippen molar-refractivity contribution in [3.8, 4) is 0 Å². The van der Waals surface area contributed by atoms with E-state index in [-0.39, 0.29) is 12.0 Å². The molecule has 23 heavy (non-hydrogen) atoms. The standard InChI is InChI=1S/C16H19N3O4/c1-11-17-13-5-4-12(10-14(13)23-11)15(20)18-6-3-7-19(9-8-18)16(21)22-2/h4-5,10H,3,6-9H2,1-2H3. The molecule has 1 saturated heterocycles. The van der Waals surface area contributed by atoms with E-state index in [9.17, 15) is 9.59 Å². The first kappa shape index (κ1) is 15.3. The Morgan fingerprint density at radius 1 is 1.17 bits per heavy atom. The van der Waals surface area contributed by atoms with Gasteiger partial charge in [-0.1, -0.05) is 0 Å². The molecule has 122 valence electrons. The Morgan fingerprint density at radius 3 is 2.70 bits per heavy atom. The molecule has 1 aliphatic rings. The molecule has 7 nitrogen and oxygen atoms in total. The number of hydrogen-bond acceptors (Lipinski definition) is 5. The van der Waals surface area contributed by atoms with Crippen LogP contribution in [0.25, 0.3) is 11.1 Å². The molecule has 0 radical (unpaired) electrons. The number of aryl methyl sites for hydroxylation is 1. The minimum Gasteiger partial charge on any atom is -0.453 e. The van der Waals surface area contributed by atoms with Crippen molar-refractivity contribution in [2.75, 3.05) is 33.3 Å². The molecule has 0 spiro atoms. The summed E-state index contributed by atoms with van der Waals surface area (Å²) in [5.41, 5.74) is 1.92. The highest BCUT2D eigenvalue weighted by Gasteiger charge is 2.23. The Morgan fingerprint density at radius 2 is 1.91 bits per heavy atom. The third-order valence-electron chi connectivity index (χ3n) is 3.96. The van der Waals surface area contributed by atoms with Crippen LogP contribution in [0.3, 0.4) is 0 Å². The zero-order valence-corrected chi connectivity index (χ0v) is 13.2. The summed E-state index contributed by atoms with van der Waals surface area (Å²) in [6.45, 7) is 3.94. The molecule has 0 bridgehead atoms. The second kappa shape index (κ2) is 6.28. The number of oxazole rings is 1. The lowest BCUT2D eigenvalue weighted by molar-refractivity contribution is 0.0757. The van der Waals surface area contributed by atoms with Gasteiger partial charge in [0.25, 0.3) is 5.91 Å². The maximum Gasteiger partial charge on any atom is 0.409 e. The van der Waals surface area contributed by atoms with Crippen LogP contribution < -0.4 is 0 Å². The summed E-state index contributed by atoms with van der Waals surface area (Å²) >= 11 is 0. The minimum absolute atomic E-state index is 0.0623. The summed E-state index contributed by atoms with van der Waals surface area (Å²) in [6, 6.07) is 5.27. The van der Waals surface area contributed by atoms with Gasteiger partial charge in [-0.2, -0.15) is 0 Å². The van der Waals surface area contributed by atoms with Gasteiger partial charge in [0, 0.05) is 38.7 Å². The van der Waals surface area contributed by atoms with Gasteiger partial charge in [0.05, 0.1) is 7.11 Å². The van der Waals surface area contributed by atoms with E-state index in [1.807, 2.05) is 0 Å². The van der Waals surface area contributed by atoms with Crippen molar-refractivity contribution in [2.45, 2.75) is 13.3 Å². The lowest BCUT2D eigenvalue weighted by Crippen LogP contribution is -2.37. The van der Waals surface area contributed by atoms with Crippen LogP contribution in [0.2, 0.25) is 0 Å². The first-order valence-corrected chi connectivity index (χ1v) is 7.58. The minimum atomic E-state index is -0.349. The van der Waals surface area contributed by atoms with Gasteiger partial charge >= 0.3 is 6.09 Å². The topological polar surface area (TPSA) is 75.9 Å². The molecule has 3 rings (SSSR count). The Labute approximate surface area is 133 Å². The molecule has 2 heterocycles.